The third-order valence-electron chi connectivity index (χ3n) is 3.93. The predicted octanol–water partition coefficient (Wildman–Crippen LogP) is 6.10. The van der Waals surface area contributed by atoms with Crippen molar-refractivity contribution in [3.05, 3.63) is 35.6 Å². The number of fused-ring (bicyclic) bond motifs is 1. The Hall–Kier alpha value is -1.24. The summed E-state index contributed by atoms with van der Waals surface area (Å²) in [5.41, 5.74) is 2.93. The van der Waals surface area contributed by atoms with Crippen molar-refractivity contribution in [2.24, 2.45) is 5.41 Å². The second-order valence-corrected chi connectivity index (χ2v) is 7.84. The smallest absolute Gasteiger partial charge is 0.134 e. The molecule has 0 fully saturated rings. The first-order valence-corrected chi connectivity index (χ1v) is 7.74. The molecule has 1 nitrogen and oxygen atoms in total. The highest BCUT2D eigenvalue weighted by Crippen LogP contribution is 2.32. The van der Waals surface area contributed by atoms with E-state index in [2.05, 4.69) is 65.8 Å². The lowest BCUT2D eigenvalue weighted by atomic mass is 9.80. The van der Waals surface area contributed by atoms with Crippen LogP contribution < -0.4 is 0 Å². The maximum Gasteiger partial charge on any atom is 0.134 e. The Morgan fingerprint density at radius 3 is 2.30 bits per heavy atom. The van der Waals surface area contributed by atoms with Crippen LogP contribution in [-0.2, 0) is 11.8 Å². The van der Waals surface area contributed by atoms with E-state index in [0.717, 1.165) is 17.8 Å². The summed E-state index contributed by atoms with van der Waals surface area (Å²) in [6.45, 7) is 13.6. The number of rotatable bonds is 4. The maximum atomic E-state index is 5.97. The molecule has 0 N–H and O–H groups in total. The highest BCUT2D eigenvalue weighted by molar-refractivity contribution is 5.79. The second-order valence-electron chi connectivity index (χ2n) is 7.84. The summed E-state index contributed by atoms with van der Waals surface area (Å²) in [6, 6.07) is 8.88. The van der Waals surface area contributed by atoms with Gasteiger partial charge in [0.25, 0.3) is 0 Å². The molecule has 1 heteroatoms. The summed E-state index contributed by atoms with van der Waals surface area (Å²) in [6.07, 6.45) is 3.41. The quantitative estimate of drug-likeness (QED) is 0.655. The standard InChI is InChI=1S/C19H28O/c1-7-10-19(5,6)15-8-9-17-14(11-15)12-16(20-17)13-18(2,3)4/h8-9,11-12H,7,10,13H2,1-6H3. The Balaban J connectivity index is 2.35. The highest BCUT2D eigenvalue weighted by Gasteiger charge is 2.21. The fourth-order valence-corrected chi connectivity index (χ4v) is 2.90. The van der Waals surface area contributed by atoms with Crippen molar-refractivity contribution in [2.45, 2.75) is 66.2 Å². The molecule has 1 aromatic heterocycles. The van der Waals surface area contributed by atoms with Gasteiger partial charge >= 0.3 is 0 Å². The zero-order chi connectivity index (χ0) is 15.0. The molecule has 0 amide bonds. The summed E-state index contributed by atoms with van der Waals surface area (Å²) in [4.78, 5) is 0. The molecule has 0 radical (unpaired) electrons. The van der Waals surface area contributed by atoms with Gasteiger partial charge in [-0.25, -0.2) is 0 Å². The second kappa shape index (κ2) is 5.27. The first kappa shape index (κ1) is 15.2. The molecule has 110 valence electrons. The van der Waals surface area contributed by atoms with E-state index in [4.69, 9.17) is 4.42 Å². The Labute approximate surface area is 123 Å². The fourth-order valence-electron chi connectivity index (χ4n) is 2.90. The molecule has 1 aromatic carbocycles. The van der Waals surface area contributed by atoms with Crippen molar-refractivity contribution in [2.75, 3.05) is 0 Å². The maximum absolute atomic E-state index is 5.97. The van der Waals surface area contributed by atoms with Crippen LogP contribution in [-0.4, -0.2) is 0 Å². The fraction of sp³-hybridized carbons (Fsp3) is 0.579. The van der Waals surface area contributed by atoms with Gasteiger partial charge in [-0.05, 0) is 41.0 Å². The van der Waals surface area contributed by atoms with Gasteiger partial charge < -0.3 is 4.42 Å². The van der Waals surface area contributed by atoms with Crippen LogP contribution in [0.25, 0.3) is 11.0 Å². The van der Waals surface area contributed by atoms with E-state index < -0.39 is 0 Å². The van der Waals surface area contributed by atoms with Gasteiger partial charge in [0.1, 0.15) is 11.3 Å². The number of benzene rings is 1. The van der Waals surface area contributed by atoms with E-state index >= 15 is 0 Å². The minimum absolute atomic E-state index is 0.240. The molecule has 2 aromatic rings. The summed E-state index contributed by atoms with van der Waals surface area (Å²) in [5.74, 6) is 1.10. The van der Waals surface area contributed by atoms with Crippen molar-refractivity contribution in [3.8, 4) is 0 Å². The Morgan fingerprint density at radius 1 is 1.00 bits per heavy atom. The summed E-state index contributed by atoms with van der Waals surface area (Å²) in [5, 5.41) is 1.24. The van der Waals surface area contributed by atoms with E-state index in [1.54, 1.807) is 0 Å². The van der Waals surface area contributed by atoms with Gasteiger partial charge in [-0.3, -0.25) is 0 Å². The lowest BCUT2D eigenvalue weighted by Crippen LogP contribution is -2.16. The molecule has 0 aliphatic heterocycles. The van der Waals surface area contributed by atoms with Crippen molar-refractivity contribution in [1.82, 2.24) is 0 Å². The van der Waals surface area contributed by atoms with E-state index in [-0.39, 0.29) is 10.8 Å². The minimum Gasteiger partial charge on any atom is -0.461 e. The van der Waals surface area contributed by atoms with E-state index in [9.17, 15) is 0 Å². The zero-order valence-corrected chi connectivity index (χ0v) is 13.8. The highest BCUT2D eigenvalue weighted by atomic mass is 16.3. The van der Waals surface area contributed by atoms with E-state index in [1.807, 2.05) is 0 Å². The van der Waals surface area contributed by atoms with Crippen LogP contribution >= 0.6 is 0 Å². The van der Waals surface area contributed by atoms with Crippen LogP contribution in [0.1, 0.15) is 65.7 Å². The molecule has 0 atom stereocenters. The third-order valence-corrected chi connectivity index (χ3v) is 3.93. The molecule has 20 heavy (non-hydrogen) atoms. The molecule has 1 heterocycles. The molecule has 2 rings (SSSR count). The minimum atomic E-state index is 0.240. The van der Waals surface area contributed by atoms with Crippen molar-refractivity contribution >= 4 is 11.0 Å². The zero-order valence-electron chi connectivity index (χ0n) is 13.8. The van der Waals surface area contributed by atoms with Crippen LogP contribution in [0.2, 0.25) is 0 Å². The molecule has 0 unspecified atom stereocenters. The molecule has 0 saturated carbocycles. The summed E-state index contributed by atoms with van der Waals surface area (Å²) < 4.78 is 5.97. The molecule has 0 spiro atoms. The average molecular weight is 272 g/mol. The SMILES string of the molecule is CCCC(C)(C)c1ccc2oc(CC(C)(C)C)cc2c1. The van der Waals surface area contributed by atoms with Gasteiger partial charge in [0, 0.05) is 11.8 Å². The number of hydrogen-bond donors (Lipinski definition) is 0. The van der Waals surface area contributed by atoms with Crippen LogP contribution in [0.15, 0.2) is 28.7 Å². The lowest BCUT2D eigenvalue weighted by Gasteiger charge is -2.24. The predicted molar refractivity (Wildman–Crippen MR) is 87.3 cm³/mol. The van der Waals surface area contributed by atoms with Gasteiger partial charge in [-0.2, -0.15) is 0 Å². The van der Waals surface area contributed by atoms with Gasteiger partial charge in [0.2, 0.25) is 0 Å². The summed E-state index contributed by atoms with van der Waals surface area (Å²) >= 11 is 0. The van der Waals surface area contributed by atoms with Gasteiger partial charge in [-0.15, -0.1) is 0 Å². The Morgan fingerprint density at radius 2 is 1.70 bits per heavy atom. The molecule has 0 saturated heterocycles. The van der Waals surface area contributed by atoms with Crippen molar-refractivity contribution in [3.63, 3.8) is 0 Å². The Kier molecular flexibility index (Phi) is 4.00. The van der Waals surface area contributed by atoms with Crippen LogP contribution in [0, 0.1) is 5.41 Å². The largest absolute Gasteiger partial charge is 0.461 e. The van der Waals surface area contributed by atoms with Gasteiger partial charge in [-0.1, -0.05) is 54.0 Å². The normalized spacial score (nSPS) is 13.1. The first-order valence-electron chi connectivity index (χ1n) is 7.74. The molecular weight excluding hydrogens is 244 g/mol. The topological polar surface area (TPSA) is 13.1 Å². The molecule has 0 bridgehead atoms. The average Bonchev–Trinajstić information content (AvgIpc) is 2.66. The lowest BCUT2D eigenvalue weighted by molar-refractivity contribution is 0.370. The van der Waals surface area contributed by atoms with E-state index in [1.165, 1.54) is 23.8 Å². The number of hydrogen-bond acceptors (Lipinski definition) is 1. The molecule has 0 aliphatic rings. The van der Waals surface area contributed by atoms with Crippen molar-refractivity contribution < 1.29 is 4.42 Å². The van der Waals surface area contributed by atoms with Crippen molar-refractivity contribution in [1.29, 1.82) is 0 Å². The van der Waals surface area contributed by atoms with Crippen LogP contribution in [0.4, 0.5) is 0 Å². The monoisotopic (exact) mass is 272 g/mol. The number of furan rings is 1. The molecule has 0 aliphatic carbocycles. The molecular formula is C19H28O. The summed E-state index contributed by atoms with van der Waals surface area (Å²) in [7, 11) is 0. The van der Waals surface area contributed by atoms with Crippen LogP contribution in [0.3, 0.4) is 0 Å². The van der Waals surface area contributed by atoms with E-state index in [0.29, 0.717) is 0 Å². The van der Waals surface area contributed by atoms with Gasteiger partial charge in [0.15, 0.2) is 0 Å². The first-order chi connectivity index (χ1) is 9.21. The van der Waals surface area contributed by atoms with Gasteiger partial charge in [0.05, 0.1) is 0 Å². The van der Waals surface area contributed by atoms with Crippen LogP contribution in [0.5, 0.6) is 0 Å². The Bertz CT molecular complexity index is 581. The third kappa shape index (κ3) is 3.45.